The second kappa shape index (κ2) is 6.07. The van der Waals surface area contributed by atoms with Gasteiger partial charge in [-0.15, -0.1) is 0 Å². The number of aromatic nitrogens is 1. The largest absolute Gasteiger partial charge is 0.381 e. The van der Waals surface area contributed by atoms with Crippen molar-refractivity contribution in [3.8, 4) is 0 Å². The van der Waals surface area contributed by atoms with E-state index in [1.54, 1.807) is 12.3 Å². The molecule has 0 bridgehead atoms. The molecule has 4 heteroatoms. The van der Waals surface area contributed by atoms with Crippen LogP contribution in [0, 0.1) is 11.7 Å². The van der Waals surface area contributed by atoms with Crippen LogP contribution in [0.4, 0.5) is 4.39 Å². The van der Waals surface area contributed by atoms with Crippen molar-refractivity contribution in [3.63, 3.8) is 0 Å². The maximum atomic E-state index is 13.8. The third-order valence-corrected chi connectivity index (χ3v) is 3.17. The summed E-state index contributed by atoms with van der Waals surface area (Å²) in [5.41, 5.74) is 0.518. The van der Waals surface area contributed by atoms with E-state index < -0.39 is 0 Å². The third kappa shape index (κ3) is 3.01. The summed E-state index contributed by atoms with van der Waals surface area (Å²) in [6, 6.07) is 3.05. The number of hydrogen-bond acceptors (Lipinski definition) is 3. The molecule has 17 heavy (non-hydrogen) atoms. The van der Waals surface area contributed by atoms with Gasteiger partial charge in [0.1, 0.15) is 5.82 Å². The van der Waals surface area contributed by atoms with Gasteiger partial charge in [0.05, 0.1) is 18.3 Å². The molecule has 0 spiro atoms. The van der Waals surface area contributed by atoms with Gasteiger partial charge in [0.2, 0.25) is 0 Å². The van der Waals surface area contributed by atoms with Gasteiger partial charge in [-0.05, 0) is 31.5 Å². The second-order valence-electron chi connectivity index (χ2n) is 4.38. The molecule has 94 valence electrons. The molecule has 0 saturated carbocycles. The summed E-state index contributed by atoms with van der Waals surface area (Å²) in [6.07, 6.45) is 3.75. The van der Waals surface area contributed by atoms with Crippen molar-refractivity contribution in [1.82, 2.24) is 10.3 Å². The van der Waals surface area contributed by atoms with E-state index in [2.05, 4.69) is 10.3 Å². The monoisotopic (exact) mass is 238 g/mol. The highest BCUT2D eigenvalue weighted by atomic mass is 19.1. The van der Waals surface area contributed by atoms with E-state index in [4.69, 9.17) is 4.74 Å². The molecule has 0 aliphatic carbocycles. The van der Waals surface area contributed by atoms with Crippen molar-refractivity contribution in [2.24, 2.45) is 5.92 Å². The molecule has 0 radical (unpaired) electrons. The normalized spacial score (nSPS) is 22.4. The van der Waals surface area contributed by atoms with Crippen molar-refractivity contribution in [2.75, 3.05) is 19.8 Å². The summed E-state index contributed by atoms with van der Waals surface area (Å²) in [7, 11) is 0. The molecule has 2 rings (SSSR count). The molecule has 1 N–H and O–H groups in total. The zero-order valence-electron chi connectivity index (χ0n) is 10.2. The second-order valence-corrected chi connectivity index (χ2v) is 4.38. The van der Waals surface area contributed by atoms with E-state index >= 15 is 0 Å². The Bertz CT molecular complexity index is 353. The lowest BCUT2D eigenvalue weighted by Crippen LogP contribution is -2.34. The highest BCUT2D eigenvalue weighted by Gasteiger charge is 2.27. The van der Waals surface area contributed by atoms with E-state index in [0.717, 1.165) is 26.0 Å². The van der Waals surface area contributed by atoms with Gasteiger partial charge in [-0.1, -0.05) is 6.92 Å². The Labute approximate surface area is 101 Å². The van der Waals surface area contributed by atoms with Crippen LogP contribution in [0.25, 0.3) is 0 Å². The lowest BCUT2D eigenvalue weighted by atomic mass is 9.91. The van der Waals surface area contributed by atoms with Gasteiger partial charge in [-0.25, -0.2) is 4.39 Å². The van der Waals surface area contributed by atoms with E-state index in [1.165, 1.54) is 6.07 Å². The minimum Gasteiger partial charge on any atom is -0.381 e. The fraction of sp³-hybridized carbons (Fsp3) is 0.615. The minimum absolute atomic E-state index is 0.0403. The van der Waals surface area contributed by atoms with E-state index in [1.807, 2.05) is 6.92 Å². The average molecular weight is 238 g/mol. The summed E-state index contributed by atoms with van der Waals surface area (Å²) in [5.74, 6) is 0.0807. The highest BCUT2D eigenvalue weighted by Crippen LogP contribution is 2.28. The van der Waals surface area contributed by atoms with Crippen LogP contribution >= 0.6 is 0 Å². The predicted octanol–water partition coefficient (Wildman–Crippen LogP) is 2.30. The molecule has 0 aromatic carbocycles. The Morgan fingerprint density at radius 1 is 1.65 bits per heavy atom. The van der Waals surface area contributed by atoms with Gasteiger partial charge >= 0.3 is 0 Å². The first kappa shape index (κ1) is 12.5. The molecule has 3 nitrogen and oxygen atoms in total. The first-order valence-corrected chi connectivity index (χ1v) is 6.24. The average Bonchev–Trinajstić information content (AvgIpc) is 2.38. The van der Waals surface area contributed by atoms with Gasteiger partial charge in [0, 0.05) is 18.7 Å². The van der Waals surface area contributed by atoms with Crippen molar-refractivity contribution in [2.45, 2.75) is 25.8 Å². The molecule has 1 aliphatic heterocycles. The Hall–Kier alpha value is -1.00. The summed E-state index contributed by atoms with van der Waals surface area (Å²) in [5, 5.41) is 3.33. The quantitative estimate of drug-likeness (QED) is 0.874. The lowest BCUT2D eigenvalue weighted by molar-refractivity contribution is 0.0380. The van der Waals surface area contributed by atoms with Gasteiger partial charge in [-0.2, -0.15) is 0 Å². The number of hydrogen-bond donors (Lipinski definition) is 1. The van der Waals surface area contributed by atoms with E-state index in [-0.39, 0.29) is 11.9 Å². The lowest BCUT2D eigenvalue weighted by Gasteiger charge is -2.30. The van der Waals surface area contributed by atoms with Gasteiger partial charge < -0.3 is 10.1 Å². The van der Waals surface area contributed by atoms with Crippen molar-refractivity contribution < 1.29 is 9.13 Å². The molecular weight excluding hydrogens is 219 g/mol. The molecule has 1 aromatic heterocycles. The van der Waals surface area contributed by atoms with Gasteiger partial charge in [-0.3, -0.25) is 4.98 Å². The topological polar surface area (TPSA) is 34.2 Å². The zero-order chi connectivity index (χ0) is 12.1. The van der Waals surface area contributed by atoms with Crippen molar-refractivity contribution in [3.05, 3.63) is 29.8 Å². The maximum absolute atomic E-state index is 13.8. The summed E-state index contributed by atoms with van der Waals surface area (Å²) in [6.45, 7) is 4.34. The SMILES string of the molecule is CCNC(c1ncccc1F)C1CCCOC1. The number of halogens is 1. The van der Waals surface area contributed by atoms with Crippen LogP contribution in [0.1, 0.15) is 31.5 Å². The summed E-state index contributed by atoms with van der Waals surface area (Å²) >= 11 is 0. The number of rotatable bonds is 4. The highest BCUT2D eigenvalue weighted by molar-refractivity contribution is 5.13. The van der Waals surface area contributed by atoms with Crippen LogP contribution in [0.3, 0.4) is 0 Å². The van der Waals surface area contributed by atoms with Crippen LogP contribution in [0.5, 0.6) is 0 Å². The van der Waals surface area contributed by atoms with Crippen molar-refractivity contribution in [1.29, 1.82) is 0 Å². The fourth-order valence-corrected chi connectivity index (χ4v) is 2.36. The molecule has 1 aliphatic rings. The maximum Gasteiger partial charge on any atom is 0.146 e. The standard InChI is InChI=1S/C13H19FN2O/c1-2-15-12(10-5-4-8-17-9-10)13-11(14)6-3-7-16-13/h3,6-7,10,12,15H,2,4-5,8-9H2,1H3. The number of pyridine rings is 1. The van der Waals surface area contributed by atoms with E-state index in [0.29, 0.717) is 18.2 Å². The Balaban J connectivity index is 2.18. The molecule has 2 atom stereocenters. The summed E-state index contributed by atoms with van der Waals surface area (Å²) in [4.78, 5) is 4.18. The fourth-order valence-electron chi connectivity index (χ4n) is 2.36. The molecule has 2 heterocycles. The number of nitrogens with zero attached hydrogens (tertiary/aromatic N) is 1. The van der Waals surface area contributed by atoms with Gasteiger partial charge in [0.25, 0.3) is 0 Å². The zero-order valence-corrected chi connectivity index (χ0v) is 10.2. The Morgan fingerprint density at radius 2 is 2.53 bits per heavy atom. The molecule has 0 amide bonds. The first-order valence-electron chi connectivity index (χ1n) is 6.24. The molecule has 1 fully saturated rings. The number of nitrogens with one attached hydrogen (secondary N) is 1. The molecule has 1 aromatic rings. The van der Waals surface area contributed by atoms with Crippen molar-refractivity contribution >= 4 is 0 Å². The molecular formula is C13H19FN2O. The van der Waals surface area contributed by atoms with Gasteiger partial charge in [0.15, 0.2) is 0 Å². The predicted molar refractivity (Wildman–Crippen MR) is 64.2 cm³/mol. The smallest absolute Gasteiger partial charge is 0.146 e. The third-order valence-electron chi connectivity index (χ3n) is 3.17. The van der Waals surface area contributed by atoms with Crippen LogP contribution < -0.4 is 5.32 Å². The Morgan fingerprint density at radius 3 is 3.18 bits per heavy atom. The summed E-state index contributed by atoms with van der Waals surface area (Å²) < 4.78 is 19.3. The molecule has 1 saturated heterocycles. The van der Waals surface area contributed by atoms with Crippen LogP contribution in [-0.4, -0.2) is 24.7 Å². The van der Waals surface area contributed by atoms with Crippen LogP contribution in [-0.2, 0) is 4.74 Å². The first-order chi connectivity index (χ1) is 8.33. The Kier molecular flexibility index (Phi) is 4.45. The van der Waals surface area contributed by atoms with E-state index in [9.17, 15) is 4.39 Å². The number of ether oxygens (including phenoxy) is 1. The van der Waals surface area contributed by atoms with Crippen LogP contribution in [0.2, 0.25) is 0 Å². The molecule has 2 unspecified atom stereocenters. The minimum atomic E-state index is -0.232. The van der Waals surface area contributed by atoms with Crippen LogP contribution in [0.15, 0.2) is 18.3 Å².